The van der Waals surface area contributed by atoms with E-state index in [-0.39, 0.29) is 6.10 Å². The standard InChI is InChI=1S/C15H17BrN2O/c1-11-6-5-9-15(18-11)17-10-12(2)19-14-8-4-3-7-13(14)16/h3-9,12H,10H2,1-2H3,(H,17,18). The van der Waals surface area contributed by atoms with E-state index in [0.717, 1.165) is 21.7 Å². The van der Waals surface area contributed by atoms with Crippen LogP contribution in [0.4, 0.5) is 5.82 Å². The number of rotatable bonds is 5. The van der Waals surface area contributed by atoms with E-state index in [4.69, 9.17) is 4.74 Å². The predicted octanol–water partition coefficient (Wildman–Crippen LogP) is 4.03. The van der Waals surface area contributed by atoms with Gasteiger partial charge in [0.15, 0.2) is 0 Å². The van der Waals surface area contributed by atoms with Gasteiger partial charge in [0.1, 0.15) is 17.7 Å². The summed E-state index contributed by atoms with van der Waals surface area (Å²) in [4.78, 5) is 4.39. The second-order valence-corrected chi connectivity index (χ2v) is 5.26. The highest BCUT2D eigenvalue weighted by Crippen LogP contribution is 2.24. The molecule has 100 valence electrons. The third-order valence-electron chi connectivity index (χ3n) is 2.62. The van der Waals surface area contributed by atoms with Gasteiger partial charge < -0.3 is 10.1 Å². The lowest BCUT2D eigenvalue weighted by atomic mass is 10.3. The van der Waals surface area contributed by atoms with Crippen LogP contribution in [0.25, 0.3) is 0 Å². The number of nitrogens with zero attached hydrogens (tertiary/aromatic N) is 1. The summed E-state index contributed by atoms with van der Waals surface area (Å²) in [5.41, 5.74) is 1.00. The minimum Gasteiger partial charge on any atom is -0.488 e. The second-order valence-electron chi connectivity index (χ2n) is 4.40. The first-order chi connectivity index (χ1) is 9.15. The Labute approximate surface area is 122 Å². The highest BCUT2D eigenvalue weighted by atomic mass is 79.9. The maximum atomic E-state index is 5.86. The third kappa shape index (κ3) is 4.24. The maximum absolute atomic E-state index is 5.86. The number of hydrogen-bond acceptors (Lipinski definition) is 3. The first kappa shape index (κ1) is 13.9. The number of ether oxygens (including phenoxy) is 1. The number of halogens is 1. The first-order valence-corrected chi connectivity index (χ1v) is 7.03. The Morgan fingerprint density at radius 1 is 1.21 bits per heavy atom. The molecule has 2 aromatic rings. The molecule has 0 saturated heterocycles. The fourth-order valence-electron chi connectivity index (χ4n) is 1.69. The second kappa shape index (κ2) is 6.57. The molecule has 19 heavy (non-hydrogen) atoms. The molecule has 2 rings (SSSR count). The van der Waals surface area contributed by atoms with E-state index in [1.54, 1.807) is 0 Å². The Hall–Kier alpha value is -1.55. The zero-order valence-electron chi connectivity index (χ0n) is 11.1. The fourth-order valence-corrected chi connectivity index (χ4v) is 2.07. The average molecular weight is 321 g/mol. The minimum absolute atomic E-state index is 0.0565. The molecule has 0 aliphatic carbocycles. The summed E-state index contributed by atoms with van der Waals surface area (Å²) in [5, 5.41) is 3.27. The van der Waals surface area contributed by atoms with Crippen LogP contribution >= 0.6 is 15.9 Å². The van der Waals surface area contributed by atoms with Crippen molar-refractivity contribution < 1.29 is 4.74 Å². The number of nitrogens with one attached hydrogen (secondary N) is 1. The number of benzene rings is 1. The maximum Gasteiger partial charge on any atom is 0.133 e. The van der Waals surface area contributed by atoms with Gasteiger partial charge in [0.25, 0.3) is 0 Å². The summed E-state index contributed by atoms with van der Waals surface area (Å²) in [6.45, 7) is 4.71. The topological polar surface area (TPSA) is 34.1 Å². The molecule has 0 aliphatic rings. The van der Waals surface area contributed by atoms with Crippen LogP contribution in [0.5, 0.6) is 5.75 Å². The van der Waals surface area contributed by atoms with Crippen LogP contribution in [0.3, 0.4) is 0 Å². The van der Waals surface area contributed by atoms with Crippen LogP contribution in [0.2, 0.25) is 0 Å². The van der Waals surface area contributed by atoms with Crippen molar-refractivity contribution in [3.63, 3.8) is 0 Å². The van der Waals surface area contributed by atoms with Crippen LogP contribution in [0.15, 0.2) is 46.9 Å². The van der Waals surface area contributed by atoms with Gasteiger partial charge in [-0.05, 0) is 54.0 Å². The molecule has 0 fully saturated rings. The van der Waals surface area contributed by atoms with E-state index in [1.165, 1.54) is 0 Å². The monoisotopic (exact) mass is 320 g/mol. The molecular weight excluding hydrogens is 304 g/mol. The van der Waals surface area contributed by atoms with Gasteiger partial charge in [-0.25, -0.2) is 4.98 Å². The summed E-state index contributed by atoms with van der Waals surface area (Å²) in [6, 6.07) is 13.8. The average Bonchev–Trinajstić information content (AvgIpc) is 2.39. The molecule has 1 aromatic heterocycles. The van der Waals surface area contributed by atoms with Crippen LogP contribution < -0.4 is 10.1 Å². The smallest absolute Gasteiger partial charge is 0.133 e. The van der Waals surface area contributed by atoms with Crippen LogP contribution in [-0.2, 0) is 0 Å². The van der Waals surface area contributed by atoms with Gasteiger partial charge in [0.2, 0.25) is 0 Å². The van der Waals surface area contributed by atoms with Crippen LogP contribution in [0.1, 0.15) is 12.6 Å². The number of aromatic nitrogens is 1. The predicted molar refractivity (Wildman–Crippen MR) is 81.7 cm³/mol. The number of hydrogen-bond donors (Lipinski definition) is 1. The van der Waals surface area contributed by atoms with Crippen molar-refractivity contribution in [3.8, 4) is 5.75 Å². The van der Waals surface area contributed by atoms with E-state index in [2.05, 4.69) is 26.2 Å². The molecule has 1 N–H and O–H groups in total. The molecule has 1 unspecified atom stereocenters. The van der Waals surface area contributed by atoms with Gasteiger partial charge >= 0.3 is 0 Å². The molecular formula is C15H17BrN2O. The summed E-state index contributed by atoms with van der Waals surface area (Å²) < 4.78 is 6.83. The third-order valence-corrected chi connectivity index (χ3v) is 3.28. The molecule has 1 aromatic carbocycles. The number of para-hydroxylation sites is 1. The zero-order chi connectivity index (χ0) is 13.7. The normalized spacial score (nSPS) is 11.9. The van der Waals surface area contributed by atoms with Crippen molar-refractivity contribution in [1.29, 1.82) is 0 Å². The van der Waals surface area contributed by atoms with E-state index in [0.29, 0.717) is 6.54 Å². The SMILES string of the molecule is Cc1cccc(NCC(C)Oc2ccccc2Br)n1. The van der Waals surface area contributed by atoms with Gasteiger partial charge in [-0.15, -0.1) is 0 Å². The molecule has 1 heterocycles. The molecule has 4 heteroatoms. The lowest BCUT2D eigenvalue weighted by Gasteiger charge is -2.16. The van der Waals surface area contributed by atoms with Crippen molar-refractivity contribution in [2.24, 2.45) is 0 Å². The van der Waals surface area contributed by atoms with Gasteiger partial charge in [-0.1, -0.05) is 18.2 Å². The van der Waals surface area contributed by atoms with E-state index < -0.39 is 0 Å². The van der Waals surface area contributed by atoms with Crippen LogP contribution in [0, 0.1) is 6.92 Å². The fraction of sp³-hybridized carbons (Fsp3) is 0.267. The molecule has 3 nitrogen and oxygen atoms in total. The summed E-state index contributed by atoms with van der Waals surface area (Å²) in [5.74, 6) is 1.73. The van der Waals surface area contributed by atoms with Crippen molar-refractivity contribution in [2.75, 3.05) is 11.9 Å². The summed E-state index contributed by atoms with van der Waals surface area (Å²) >= 11 is 3.47. The van der Waals surface area contributed by atoms with E-state index in [1.807, 2.05) is 56.3 Å². The van der Waals surface area contributed by atoms with E-state index >= 15 is 0 Å². The largest absolute Gasteiger partial charge is 0.488 e. The zero-order valence-corrected chi connectivity index (χ0v) is 12.6. The quantitative estimate of drug-likeness (QED) is 0.903. The highest BCUT2D eigenvalue weighted by molar-refractivity contribution is 9.10. The lowest BCUT2D eigenvalue weighted by molar-refractivity contribution is 0.233. The molecule has 1 atom stereocenters. The number of aryl methyl sites for hydroxylation is 1. The van der Waals surface area contributed by atoms with Gasteiger partial charge in [-0.3, -0.25) is 0 Å². The van der Waals surface area contributed by atoms with Crippen molar-refractivity contribution >= 4 is 21.7 Å². The Morgan fingerprint density at radius 3 is 2.74 bits per heavy atom. The number of anilines is 1. The molecule has 0 spiro atoms. The molecule has 0 aliphatic heterocycles. The van der Waals surface area contributed by atoms with Gasteiger partial charge in [-0.2, -0.15) is 0 Å². The van der Waals surface area contributed by atoms with Crippen LogP contribution in [-0.4, -0.2) is 17.6 Å². The summed E-state index contributed by atoms with van der Waals surface area (Å²) in [7, 11) is 0. The van der Waals surface area contributed by atoms with E-state index in [9.17, 15) is 0 Å². The first-order valence-electron chi connectivity index (χ1n) is 6.24. The Balaban J connectivity index is 1.88. The molecule has 0 radical (unpaired) electrons. The minimum atomic E-state index is 0.0565. The van der Waals surface area contributed by atoms with Crippen molar-refractivity contribution in [3.05, 3.63) is 52.6 Å². The molecule has 0 amide bonds. The van der Waals surface area contributed by atoms with Gasteiger partial charge in [0.05, 0.1) is 11.0 Å². The lowest BCUT2D eigenvalue weighted by Crippen LogP contribution is -2.23. The molecule has 0 saturated carbocycles. The Bertz CT molecular complexity index is 545. The Kier molecular flexibility index (Phi) is 4.80. The Morgan fingerprint density at radius 2 is 2.00 bits per heavy atom. The van der Waals surface area contributed by atoms with Crippen molar-refractivity contribution in [1.82, 2.24) is 4.98 Å². The molecule has 0 bridgehead atoms. The van der Waals surface area contributed by atoms with Gasteiger partial charge in [0, 0.05) is 5.69 Å². The highest BCUT2D eigenvalue weighted by Gasteiger charge is 2.06. The number of pyridine rings is 1. The van der Waals surface area contributed by atoms with Crippen molar-refractivity contribution in [2.45, 2.75) is 20.0 Å². The summed E-state index contributed by atoms with van der Waals surface area (Å²) in [6.07, 6.45) is 0.0565.